The zero-order valence-corrected chi connectivity index (χ0v) is 10.8. The second-order valence-electron chi connectivity index (χ2n) is 3.97. The SMILES string of the molecule is Nc1cccc(F)c1S(=O)(=O)NCc1ccccc1. The number of nitrogen functional groups attached to an aromatic ring is 1. The fourth-order valence-electron chi connectivity index (χ4n) is 1.66. The summed E-state index contributed by atoms with van der Waals surface area (Å²) in [5.74, 6) is -0.861. The lowest BCUT2D eigenvalue weighted by atomic mass is 10.2. The predicted molar refractivity (Wildman–Crippen MR) is 71.3 cm³/mol. The van der Waals surface area contributed by atoms with E-state index in [1.165, 1.54) is 12.1 Å². The van der Waals surface area contributed by atoms with Gasteiger partial charge in [0.2, 0.25) is 10.0 Å². The van der Waals surface area contributed by atoms with E-state index in [1.807, 2.05) is 6.07 Å². The van der Waals surface area contributed by atoms with E-state index < -0.39 is 20.7 Å². The molecule has 0 radical (unpaired) electrons. The Labute approximate surface area is 111 Å². The van der Waals surface area contributed by atoms with Crippen LogP contribution in [-0.2, 0) is 16.6 Å². The first-order chi connectivity index (χ1) is 9.00. The molecule has 2 aromatic rings. The Morgan fingerprint density at radius 3 is 2.37 bits per heavy atom. The van der Waals surface area contributed by atoms with E-state index in [4.69, 9.17) is 5.73 Å². The standard InChI is InChI=1S/C13H13FN2O2S/c14-11-7-4-8-12(15)13(11)19(17,18)16-9-10-5-2-1-3-6-10/h1-8,16H,9,15H2. The first-order valence-corrected chi connectivity index (χ1v) is 7.06. The van der Waals surface area contributed by atoms with Crippen LogP contribution >= 0.6 is 0 Å². The van der Waals surface area contributed by atoms with Crippen LogP contribution in [-0.4, -0.2) is 8.42 Å². The van der Waals surface area contributed by atoms with Crippen LogP contribution in [0.15, 0.2) is 53.4 Å². The van der Waals surface area contributed by atoms with Gasteiger partial charge in [0.25, 0.3) is 0 Å². The molecule has 4 nitrogen and oxygen atoms in total. The van der Waals surface area contributed by atoms with Crippen molar-refractivity contribution in [2.75, 3.05) is 5.73 Å². The normalized spacial score (nSPS) is 11.4. The Hall–Kier alpha value is -1.92. The summed E-state index contributed by atoms with van der Waals surface area (Å²) in [6.45, 7) is 0.0803. The summed E-state index contributed by atoms with van der Waals surface area (Å²) in [5, 5.41) is 0. The molecule has 0 aliphatic heterocycles. The summed E-state index contributed by atoms with van der Waals surface area (Å²) >= 11 is 0. The Kier molecular flexibility index (Phi) is 3.82. The van der Waals surface area contributed by atoms with E-state index in [2.05, 4.69) is 4.72 Å². The van der Waals surface area contributed by atoms with E-state index in [-0.39, 0.29) is 12.2 Å². The smallest absolute Gasteiger partial charge is 0.245 e. The van der Waals surface area contributed by atoms with Crippen LogP contribution in [0, 0.1) is 5.82 Å². The monoisotopic (exact) mass is 280 g/mol. The Bertz CT molecular complexity index is 652. The molecule has 2 rings (SSSR count). The number of anilines is 1. The molecule has 0 aliphatic carbocycles. The fraction of sp³-hybridized carbons (Fsp3) is 0.0769. The van der Waals surface area contributed by atoms with Gasteiger partial charge in [0.15, 0.2) is 0 Å². The number of nitrogens with two attached hydrogens (primary N) is 1. The van der Waals surface area contributed by atoms with Gasteiger partial charge in [-0.15, -0.1) is 0 Å². The number of hydrogen-bond donors (Lipinski definition) is 2. The molecule has 3 N–H and O–H groups in total. The van der Waals surface area contributed by atoms with Crippen LogP contribution in [0.2, 0.25) is 0 Å². The number of benzene rings is 2. The number of sulfonamides is 1. The maximum atomic E-state index is 13.6. The number of rotatable bonds is 4. The van der Waals surface area contributed by atoms with Gasteiger partial charge in [-0.3, -0.25) is 0 Å². The van der Waals surface area contributed by atoms with Crippen LogP contribution in [0.5, 0.6) is 0 Å². The highest BCUT2D eigenvalue weighted by Gasteiger charge is 2.21. The maximum Gasteiger partial charge on any atom is 0.245 e. The van der Waals surface area contributed by atoms with E-state index >= 15 is 0 Å². The summed E-state index contributed by atoms with van der Waals surface area (Å²) < 4.78 is 39.9. The molecule has 0 amide bonds. The molecule has 0 spiro atoms. The highest BCUT2D eigenvalue weighted by atomic mass is 32.2. The summed E-state index contributed by atoms with van der Waals surface area (Å²) in [4.78, 5) is -0.508. The third-order valence-electron chi connectivity index (χ3n) is 2.58. The summed E-state index contributed by atoms with van der Waals surface area (Å²) in [6, 6.07) is 12.7. The van der Waals surface area contributed by atoms with Gasteiger partial charge < -0.3 is 5.73 Å². The van der Waals surface area contributed by atoms with Crippen molar-refractivity contribution in [2.24, 2.45) is 0 Å². The summed E-state index contributed by atoms with van der Waals surface area (Å²) in [7, 11) is -3.97. The van der Waals surface area contributed by atoms with Gasteiger partial charge in [-0.05, 0) is 17.7 Å². The Morgan fingerprint density at radius 2 is 1.74 bits per heavy atom. The zero-order chi connectivity index (χ0) is 13.9. The molecule has 0 bridgehead atoms. The van der Waals surface area contributed by atoms with Crippen molar-refractivity contribution < 1.29 is 12.8 Å². The van der Waals surface area contributed by atoms with Crippen molar-refractivity contribution in [1.82, 2.24) is 4.72 Å². The first kappa shape index (κ1) is 13.5. The van der Waals surface area contributed by atoms with Crippen molar-refractivity contribution in [1.29, 1.82) is 0 Å². The van der Waals surface area contributed by atoms with Gasteiger partial charge in [-0.1, -0.05) is 36.4 Å². The van der Waals surface area contributed by atoms with Crippen LogP contribution in [0.1, 0.15) is 5.56 Å². The van der Waals surface area contributed by atoms with Gasteiger partial charge >= 0.3 is 0 Å². The van der Waals surface area contributed by atoms with E-state index in [1.54, 1.807) is 24.3 Å². The van der Waals surface area contributed by atoms with Gasteiger partial charge in [-0.25, -0.2) is 17.5 Å². The first-order valence-electron chi connectivity index (χ1n) is 5.58. The zero-order valence-electron chi connectivity index (χ0n) is 10.0. The van der Waals surface area contributed by atoms with E-state index in [0.717, 1.165) is 11.6 Å². The minimum Gasteiger partial charge on any atom is -0.398 e. The quantitative estimate of drug-likeness (QED) is 0.840. The maximum absolute atomic E-state index is 13.6. The molecule has 19 heavy (non-hydrogen) atoms. The van der Waals surface area contributed by atoms with Crippen molar-refractivity contribution in [3.63, 3.8) is 0 Å². The average molecular weight is 280 g/mol. The van der Waals surface area contributed by atoms with Gasteiger partial charge in [0.1, 0.15) is 10.7 Å². The van der Waals surface area contributed by atoms with E-state index in [0.29, 0.717) is 0 Å². The lowest BCUT2D eigenvalue weighted by Crippen LogP contribution is -2.25. The van der Waals surface area contributed by atoms with Crippen LogP contribution in [0.3, 0.4) is 0 Å². The molecule has 0 heterocycles. The molecule has 0 saturated carbocycles. The molecule has 100 valence electrons. The average Bonchev–Trinajstić information content (AvgIpc) is 2.37. The molecule has 2 aromatic carbocycles. The molecule has 0 unspecified atom stereocenters. The highest BCUT2D eigenvalue weighted by molar-refractivity contribution is 7.89. The summed E-state index contributed by atoms with van der Waals surface area (Å²) in [5.41, 5.74) is 6.19. The minimum atomic E-state index is -3.97. The summed E-state index contributed by atoms with van der Waals surface area (Å²) in [6.07, 6.45) is 0. The largest absolute Gasteiger partial charge is 0.398 e. The third-order valence-corrected chi connectivity index (χ3v) is 4.07. The van der Waals surface area contributed by atoms with E-state index in [9.17, 15) is 12.8 Å². The van der Waals surface area contributed by atoms with Crippen LogP contribution in [0.4, 0.5) is 10.1 Å². The minimum absolute atomic E-state index is 0.0803. The number of hydrogen-bond acceptors (Lipinski definition) is 3. The predicted octanol–water partition coefficient (Wildman–Crippen LogP) is 1.89. The van der Waals surface area contributed by atoms with Crippen LogP contribution in [0.25, 0.3) is 0 Å². The number of halogens is 1. The second kappa shape index (κ2) is 5.38. The van der Waals surface area contributed by atoms with Crippen molar-refractivity contribution >= 4 is 15.7 Å². The fourth-order valence-corrected chi connectivity index (χ4v) is 2.86. The lowest BCUT2D eigenvalue weighted by Gasteiger charge is -2.09. The number of nitrogens with one attached hydrogen (secondary N) is 1. The molecule has 0 atom stereocenters. The molecular formula is C13H13FN2O2S. The van der Waals surface area contributed by atoms with Crippen molar-refractivity contribution in [3.05, 3.63) is 59.9 Å². The topological polar surface area (TPSA) is 72.2 Å². The molecule has 0 fully saturated rings. The van der Waals surface area contributed by atoms with Gasteiger partial charge in [0, 0.05) is 6.54 Å². The third kappa shape index (κ3) is 3.10. The van der Waals surface area contributed by atoms with Crippen molar-refractivity contribution in [3.8, 4) is 0 Å². The van der Waals surface area contributed by atoms with Gasteiger partial charge in [0.05, 0.1) is 5.69 Å². The van der Waals surface area contributed by atoms with Gasteiger partial charge in [-0.2, -0.15) is 0 Å². The second-order valence-corrected chi connectivity index (χ2v) is 5.67. The molecule has 0 saturated heterocycles. The van der Waals surface area contributed by atoms with Crippen LogP contribution < -0.4 is 10.5 Å². The molecule has 0 aromatic heterocycles. The Balaban J connectivity index is 2.24. The molecule has 0 aliphatic rings. The highest BCUT2D eigenvalue weighted by Crippen LogP contribution is 2.21. The lowest BCUT2D eigenvalue weighted by molar-refractivity contribution is 0.558. The van der Waals surface area contributed by atoms with Crippen molar-refractivity contribution in [2.45, 2.75) is 11.4 Å². The molecule has 6 heteroatoms. The Morgan fingerprint density at radius 1 is 1.05 bits per heavy atom. The molecular weight excluding hydrogens is 267 g/mol.